The first-order chi connectivity index (χ1) is 12.4. The minimum atomic E-state index is -0.387. The van der Waals surface area contributed by atoms with Gasteiger partial charge >= 0.3 is 0 Å². The Bertz CT molecular complexity index is 454. The number of amides is 4. The van der Waals surface area contributed by atoms with Crippen molar-refractivity contribution in [1.29, 1.82) is 0 Å². The third-order valence-electron chi connectivity index (χ3n) is 3.83. The van der Waals surface area contributed by atoms with E-state index in [-0.39, 0.29) is 49.1 Å². The van der Waals surface area contributed by atoms with Crippen LogP contribution in [0.25, 0.3) is 0 Å². The van der Waals surface area contributed by atoms with Gasteiger partial charge in [-0.3, -0.25) is 19.2 Å². The van der Waals surface area contributed by atoms with Gasteiger partial charge in [0.05, 0.1) is 13.1 Å². The van der Waals surface area contributed by atoms with E-state index in [1.165, 1.54) is 0 Å². The maximum atomic E-state index is 11.9. The Morgan fingerprint density at radius 3 is 1.73 bits per heavy atom. The molecule has 26 heavy (non-hydrogen) atoms. The van der Waals surface area contributed by atoms with Crippen molar-refractivity contribution in [2.45, 2.75) is 59.3 Å². The summed E-state index contributed by atoms with van der Waals surface area (Å²) in [5, 5.41) is 10.5. The second-order valence-corrected chi connectivity index (χ2v) is 6.34. The first kappa shape index (κ1) is 23.9. The van der Waals surface area contributed by atoms with E-state index in [0.717, 1.165) is 25.7 Å². The van der Waals surface area contributed by atoms with Crippen molar-refractivity contribution >= 4 is 23.6 Å². The van der Waals surface area contributed by atoms with Crippen LogP contribution in [0.1, 0.15) is 59.3 Å². The van der Waals surface area contributed by atoms with Crippen molar-refractivity contribution in [1.82, 2.24) is 21.3 Å². The summed E-state index contributed by atoms with van der Waals surface area (Å²) in [4.78, 5) is 46.7. The van der Waals surface area contributed by atoms with Crippen LogP contribution in [0.5, 0.6) is 0 Å². The molecule has 0 spiro atoms. The topological polar surface area (TPSA) is 116 Å². The summed E-state index contributed by atoms with van der Waals surface area (Å²) in [6.45, 7) is 6.86. The fourth-order valence-corrected chi connectivity index (χ4v) is 2.02. The van der Waals surface area contributed by atoms with Crippen LogP contribution in [-0.4, -0.2) is 49.8 Å². The standard InChI is InChI=1S/C18H34N4O4/c1-4-6-10-19-16(24)12-21-15(23)9-8-14(3)18(26)22-13-17(25)20-11-7-5-2/h14H,4-13H2,1-3H3,(H,19,24)(H,20,25)(H,21,23)(H,22,26). The summed E-state index contributed by atoms with van der Waals surface area (Å²) in [6.07, 6.45) is 4.30. The molecule has 0 bridgehead atoms. The first-order valence-electron chi connectivity index (χ1n) is 9.48. The third kappa shape index (κ3) is 13.2. The van der Waals surface area contributed by atoms with Gasteiger partial charge in [0.1, 0.15) is 0 Å². The minimum absolute atomic E-state index is 0.0545. The molecule has 4 N–H and O–H groups in total. The Labute approximate surface area is 156 Å². The van der Waals surface area contributed by atoms with Crippen LogP contribution in [0.4, 0.5) is 0 Å². The van der Waals surface area contributed by atoms with Gasteiger partial charge in [-0.05, 0) is 19.3 Å². The molecule has 0 aromatic heterocycles. The average molecular weight is 370 g/mol. The number of rotatable bonds is 14. The zero-order chi connectivity index (χ0) is 19.8. The highest BCUT2D eigenvalue weighted by molar-refractivity contribution is 5.87. The van der Waals surface area contributed by atoms with Crippen LogP contribution in [0.3, 0.4) is 0 Å². The van der Waals surface area contributed by atoms with Crippen LogP contribution in [0.15, 0.2) is 0 Å². The van der Waals surface area contributed by atoms with Crippen LogP contribution >= 0.6 is 0 Å². The van der Waals surface area contributed by atoms with Gasteiger partial charge < -0.3 is 21.3 Å². The van der Waals surface area contributed by atoms with E-state index >= 15 is 0 Å². The fourth-order valence-electron chi connectivity index (χ4n) is 2.02. The van der Waals surface area contributed by atoms with Gasteiger partial charge in [0.15, 0.2) is 0 Å². The van der Waals surface area contributed by atoms with Crippen molar-refractivity contribution in [3.05, 3.63) is 0 Å². The summed E-state index contributed by atoms with van der Waals surface area (Å²) in [5.74, 6) is -1.35. The zero-order valence-corrected chi connectivity index (χ0v) is 16.3. The molecule has 0 fully saturated rings. The summed E-state index contributed by atoms with van der Waals surface area (Å²) in [7, 11) is 0. The lowest BCUT2D eigenvalue weighted by molar-refractivity contribution is -0.129. The predicted molar refractivity (Wildman–Crippen MR) is 100 cm³/mol. The van der Waals surface area contributed by atoms with E-state index in [1.807, 2.05) is 13.8 Å². The zero-order valence-electron chi connectivity index (χ0n) is 16.3. The number of hydrogen-bond acceptors (Lipinski definition) is 4. The van der Waals surface area contributed by atoms with Crippen molar-refractivity contribution in [3.63, 3.8) is 0 Å². The molecule has 0 aromatic rings. The highest BCUT2D eigenvalue weighted by Gasteiger charge is 2.15. The maximum absolute atomic E-state index is 11.9. The second kappa shape index (κ2) is 15.2. The molecule has 1 unspecified atom stereocenters. The lowest BCUT2D eigenvalue weighted by atomic mass is 10.0. The maximum Gasteiger partial charge on any atom is 0.239 e. The molecule has 4 amide bonds. The van der Waals surface area contributed by atoms with Gasteiger partial charge in [0, 0.05) is 25.4 Å². The van der Waals surface area contributed by atoms with Gasteiger partial charge in [-0.25, -0.2) is 0 Å². The molecule has 150 valence electrons. The molecule has 0 aromatic carbocycles. The lowest BCUT2D eigenvalue weighted by Gasteiger charge is -2.12. The number of nitrogens with one attached hydrogen (secondary N) is 4. The molecule has 0 radical (unpaired) electrons. The highest BCUT2D eigenvalue weighted by atomic mass is 16.2. The Kier molecular flexibility index (Phi) is 13.9. The minimum Gasteiger partial charge on any atom is -0.355 e. The van der Waals surface area contributed by atoms with Crippen LogP contribution in [0, 0.1) is 5.92 Å². The molecule has 1 atom stereocenters. The molecule has 0 aliphatic heterocycles. The van der Waals surface area contributed by atoms with E-state index in [0.29, 0.717) is 19.5 Å². The Morgan fingerprint density at radius 1 is 0.731 bits per heavy atom. The van der Waals surface area contributed by atoms with Crippen molar-refractivity contribution in [3.8, 4) is 0 Å². The molecule has 8 heteroatoms. The quantitative estimate of drug-likeness (QED) is 0.333. The predicted octanol–water partition coefficient (Wildman–Crippen LogP) is 0.468. The fraction of sp³-hybridized carbons (Fsp3) is 0.778. The third-order valence-corrected chi connectivity index (χ3v) is 3.83. The molecule has 0 heterocycles. The molecule has 0 aliphatic carbocycles. The van der Waals surface area contributed by atoms with Crippen molar-refractivity contribution < 1.29 is 19.2 Å². The van der Waals surface area contributed by atoms with Gasteiger partial charge in [0.2, 0.25) is 23.6 Å². The molecule has 0 rings (SSSR count). The molecule has 0 aliphatic rings. The summed E-state index contributed by atoms with van der Waals surface area (Å²) < 4.78 is 0. The van der Waals surface area contributed by atoms with Crippen LogP contribution in [0.2, 0.25) is 0 Å². The van der Waals surface area contributed by atoms with E-state index in [2.05, 4.69) is 21.3 Å². The molecule has 8 nitrogen and oxygen atoms in total. The molecule has 0 saturated heterocycles. The number of hydrogen-bond donors (Lipinski definition) is 4. The first-order valence-corrected chi connectivity index (χ1v) is 9.48. The smallest absolute Gasteiger partial charge is 0.239 e. The van der Waals surface area contributed by atoms with E-state index in [4.69, 9.17) is 0 Å². The number of carbonyl (C=O) groups is 4. The molecular weight excluding hydrogens is 336 g/mol. The largest absolute Gasteiger partial charge is 0.355 e. The molecular formula is C18H34N4O4. The summed E-state index contributed by atoms with van der Waals surface area (Å²) in [6, 6.07) is 0. The second-order valence-electron chi connectivity index (χ2n) is 6.34. The van der Waals surface area contributed by atoms with E-state index in [9.17, 15) is 19.2 Å². The average Bonchev–Trinajstić information content (AvgIpc) is 2.62. The number of carbonyl (C=O) groups excluding carboxylic acids is 4. The monoisotopic (exact) mass is 370 g/mol. The van der Waals surface area contributed by atoms with E-state index < -0.39 is 0 Å². The van der Waals surface area contributed by atoms with Crippen LogP contribution < -0.4 is 21.3 Å². The van der Waals surface area contributed by atoms with Gasteiger partial charge in [-0.1, -0.05) is 33.6 Å². The normalized spacial score (nSPS) is 11.3. The van der Waals surface area contributed by atoms with Gasteiger partial charge in [0.25, 0.3) is 0 Å². The SMILES string of the molecule is CCCCNC(=O)CNC(=O)CCC(C)C(=O)NCC(=O)NCCCC. The van der Waals surface area contributed by atoms with Crippen molar-refractivity contribution in [2.75, 3.05) is 26.2 Å². The van der Waals surface area contributed by atoms with Crippen molar-refractivity contribution in [2.24, 2.45) is 5.92 Å². The van der Waals surface area contributed by atoms with Gasteiger partial charge in [-0.2, -0.15) is 0 Å². The van der Waals surface area contributed by atoms with Crippen LogP contribution in [-0.2, 0) is 19.2 Å². The summed E-state index contributed by atoms with van der Waals surface area (Å²) in [5.41, 5.74) is 0. The Hall–Kier alpha value is -2.12. The van der Waals surface area contributed by atoms with Gasteiger partial charge in [-0.15, -0.1) is 0 Å². The molecule has 0 saturated carbocycles. The summed E-state index contributed by atoms with van der Waals surface area (Å²) >= 11 is 0. The highest BCUT2D eigenvalue weighted by Crippen LogP contribution is 2.05. The Morgan fingerprint density at radius 2 is 1.23 bits per heavy atom. The number of unbranched alkanes of at least 4 members (excludes halogenated alkanes) is 2. The Balaban J connectivity index is 3.85. The van der Waals surface area contributed by atoms with E-state index in [1.54, 1.807) is 6.92 Å². The lowest BCUT2D eigenvalue weighted by Crippen LogP contribution is -2.40.